The number of nitrogens with zero attached hydrogens (tertiary/aromatic N) is 1. The molecule has 4 aromatic rings. The number of fused-ring (bicyclic) bond motifs is 1. The van der Waals surface area contributed by atoms with Crippen molar-refractivity contribution in [3.63, 3.8) is 0 Å². The van der Waals surface area contributed by atoms with E-state index in [1.165, 1.54) is 0 Å². The number of unbranched alkanes of at least 4 members (excludes halogenated alkanes) is 1. The largest absolute Gasteiger partial charge is 0.491 e. The third-order valence-electron chi connectivity index (χ3n) is 6.90. The van der Waals surface area contributed by atoms with Crippen molar-refractivity contribution >= 4 is 22.8 Å². The summed E-state index contributed by atoms with van der Waals surface area (Å²) in [6.45, 7) is 6.65. The van der Waals surface area contributed by atoms with Crippen LogP contribution in [-0.2, 0) is 20.7 Å². The number of aliphatic carboxylic acids is 1. The monoisotopic (exact) mass is 543 g/mol. The van der Waals surface area contributed by atoms with Gasteiger partial charge in [-0.25, -0.2) is 0 Å². The molecule has 7 nitrogen and oxygen atoms in total. The quantitative estimate of drug-likeness (QED) is 0.178. The van der Waals surface area contributed by atoms with Crippen molar-refractivity contribution < 1.29 is 28.9 Å². The van der Waals surface area contributed by atoms with Gasteiger partial charge < -0.3 is 19.3 Å². The van der Waals surface area contributed by atoms with Gasteiger partial charge in [-0.2, -0.15) is 0 Å². The van der Waals surface area contributed by atoms with Gasteiger partial charge in [0.05, 0.1) is 31.3 Å². The molecule has 0 fully saturated rings. The van der Waals surface area contributed by atoms with E-state index in [0.29, 0.717) is 60.9 Å². The van der Waals surface area contributed by atoms with Crippen molar-refractivity contribution in [1.82, 2.24) is 4.57 Å². The first-order chi connectivity index (χ1) is 19.5. The van der Waals surface area contributed by atoms with Gasteiger partial charge in [0, 0.05) is 23.3 Å². The lowest BCUT2D eigenvalue weighted by molar-refractivity contribution is -0.138. The van der Waals surface area contributed by atoms with Crippen molar-refractivity contribution in [3.8, 4) is 5.75 Å². The number of carbonyl (C=O) groups is 2. The molecule has 0 aliphatic heterocycles. The lowest BCUT2D eigenvalue weighted by Gasteiger charge is -2.14. The van der Waals surface area contributed by atoms with Crippen LogP contribution in [0.4, 0.5) is 0 Å². The van der Waals surface area contributed by atoms with Crippen LogP contribution in [-0.4, -0.2) is 54.6 Å². The van der Waals surface area contributed by atoms with Gasteiger partial charge >= 0.3 is 5.97 Å². The van der Waals surface area contributed by atoms with Crippen molar-refractivity contribution in [2.45, 2.75) is 39.0 Å². The van der Waals surface area contributed by atoms with Crippen LogP contribution in [0.25, 0.3) is 10.9 Å². The topological polar surface area (TPSA) is 87.0 Å². The maximum atomic E-state index is 13.7. The number of hydrogen-bond acceptors (Lipinski definition) is 5. The molecule has 0 saturated carbocycles. The normalized spacial score (nSPS) is 11.9. The van der Waals surface area contributed by atoms with E-state index >= 15 is 0 Å². The van der Waals surface area contributed by atoms with Crippen LogP contribution in [0.5, 0.6) is 5.75 Å². The Labute approximate surface area is 235 Å². The van der Waals surface area contributed by atoms with E-state index in [1.807, 2.05) is 61.5 Å². The molecule has 0 aliphatic rings. The van der Waals surface area contributed by atoms with E-state index < -0.39 is 11.9 Å². The molecule has 7 heteroatoms. The SMILES string of the molecule is CCCCOCCOCCOc1ccc(C(=O)n2c(C)c(C(Cc3ccccc3)C(=O)O)c3ccccc32)cc1. The number of aromatic nitrogens is 1. The number of rotatable bonds is 15. The summed E-state index contributed by atoms with van der Waals surface area (Å²) in [5.74, 6) is -1.29. The summed E-state index contributed by atoms with van der Waals surface area (Å²) in [5, 5.41) is 11.0. The van der Waals surface area contributed by atoms with Gasteiger partial charge in [0.2, 0.25) is 0 Å². The lowest BCUT2D eigenvalue weighted by atomic mass is 9.90. The Morgan fingerprint density at radius 1 is 0.825 bits per heavy atom. The number of para-hydroxylation sites is 1. The van der Waals surface area contributed by atoms with Gasteiger partial charge in [0.15, 0.2) is 0 Å². The number of benzene rings is 3. The fourth-order valence-corrected chi connectivity index (χ4v) is 4.87. The predicted octanol–water partition coefficient (Wildman–Crippen LogP) is 6.26. The average molecular weight is 544 g/mol. The molecular weight excluding hydrogens is 506 g/mol. The molecule has 0 saturated heterocycles. The Kier molecular flexibility index (Phi) is 10.5. The van der Waals surface area contributed by atoms with Crippen LogP contribution in [0.15, 0.2) is 78.9 Å². The van der Waals surface area contributed by atoms with Crippen LogP contribution in [0.1, 0.15) is 52.9 Å². The van der Waals surface area contributed by atoms with E-state index in [0.717, 1.165) is 30.4 Å². The second kappa shape index (κ2) is 14.4. The third-order valence-corrected chi connectivity index (χ3v) is 6.90. The minimum absolute atomic E-state index is 0.221. The molecule has 1 heterocycles. The van der Waals surface area contributed by atoms with Crippen molar-refractivity contribution in [2.24, 2.45) is 0 Å². The highest BCUT2D eigenvalue weighted by atomic mass is 16.5. The van der Waals surface area contributed by atoms with E-state index in [2.05, 4.69) is 6.92 Å². The zero-order chi connectivity index (χ0) is 28.3. The highest BCUT2D eigenvalue weighted by molar-refractivity contribution is 6.05. The first kappa shape index (κ1) is 29.1. The number of ether oxygens (including phenoxy) is 3. The average Bonchev–Trinajstić information content (AvgIpc) is 3.26. The highest BCUT2D eigenvalue weighted by Crippen LogP contribution is 2.34. The number of hydrogen-bond donors (Lipinski definition) is 1. The van der Waals surface area contributed by atoms with Crippen molar-refractivity contribution in [3.05, 3.63) is 101 Å². The molecule has 3 aromatic carbocycles. The third kappa shape index (κ3) is 7.17. The molecule has 210 valence electrons. The van der Waals surface area contributed by atoms with Gasteiger partial charge in [-0.1, -0.05) is 61.9 Å². The minimum atomic E-state index is -0.920. The molecule has 0 amide bonds. The van der Waals surface area contributed by atoms with Gasteiger partial charge in [-0.15, -0.1) is 0 Å². The second-order valence-electron chi connectivity index (χ2n) is 9.69. The van der Waals surface area contributed by atoms with Crippen molar-refractivity contribution in [1.29, 1.82) is 0 Å². The van der Waals surface area contributed by atoms with Crippen LogP contribution in [0.2, 0.25) is 0 Å². The number of carbonyl (C=O) groups excluding carboxylic acids is 1. The predicted molar refractivity (Wildman–Crippen MR) is 155 cm³/mol. The van der Waals surface area contributed by atoms with Crippen LogP contribution >= 0.6 is 0 Å². The maximum absolute atomic E-state index is 13.7. The summed E-state index contributed by atoms with van der Waals surface area (Å²) in [6, 6.07) is 24.0. The molecule has 1 unspecified atom stereocenters. The van der Waals surface area contributed by atoms with Gasteiger partial charge in [0.1, 0.15) is 12.4 Å². The molecule has 0 bridgehead atoms. The molecule has 1 aromatic heterocycles. The number of carboxylic acids is 1. The Morgan fingerprint density at radius 2 is 1.48 bits per heavy atom. The van der Waals surface area contributed by atoms with E-state index in [-0.39, 0.29) is 5.91 Å². The smallest absolute Gasteiger partial charge is 0.311 e. The van der Waals surface area contributed by atoms with Crippen LogP contribution in [0.3, 0.4) is 0 Å². The van der Waals surface area contributed by atoms with Crippen LogP contribution < -0.4 is 4.74 Å². The summed E-state index contributed by atoms with van der Waals surface area (Å²) in [5.41, 5.74) is 3.40. The zero-order valence-corrected chi connectivity index (χ0v) is 23.2. The first-order valence-electron chi connectivity index (χ1n) is 13.8. The Hall–Kier alpha value is -3.94. The van der Waals surface area contributed by atoms with Gasteiger partial charge in [-0.3, -0.25) is 14.2 Å². The standard InChI is InChI=1S/C33H37NO6/c1-3-4-18-38-19-20-39-21-22-40-27-16-14-26(15-17-27)32(35)34-24(2)31(28-12-8-9-13-30(28)34)29(33(36)37)23-25-10-6-5-7-11-25/h5-17,29H,3-4,18-23H2,1-2H3,(H,36,37). The second-order valence-corrected chi connectivity index (χ2v) is 9.69. The van der Waals surface area contributed by atoms with E-state index in [4.69, 9.17) is 14.2 Å². The molecular formula is C33H37NO6. The molecule has 0 aliphatic carbocycles. The summed E-state index contributed by atoms with van der Waals surface area (Å²) in [6.07, 6.45) is 2.50. The molecule has 40 heavy (non-hydrogen) atoms. The minimum Gasteiger partial charge on any atom is -0.491 e. The summed E-state index contributed by atoms with van der Waals surface area (Å²) >= 11 is 0. The maximum Gasteiger partial charge on any atom is 0.311 e. The lowest BCUT2D eigenvalue weighted by Crippen LogP contribution is -2.18. The highest BCUT2D eigenvalue weighted by Gasteiger charge is 2.29. The molecule has 0 spiro atoms. The Morgan fingerprint density at radius 3 is 2.17 bits per heavy atom. The number of carboxylic acid groups (broad SMARTS) is 1. The zero-order valence-electron chi connectivity index (χ0n) is 23.2. The fraction of sp³-hybridized carbons (Fsp3) is 0.333. The van der Waals surface area contributed by atoms with Crippen LogP contribution in [0, 0.1) is 6.92 Å². The summed E-state index contributed by atoms with van der Waals surface area (Å²) < 4.78 is 18.4. The Bertz CT molecular complexity index is 1390. The van der Waals surface area contributed by atoms with E-state index in [9.17, 15) is 14.7 Å². The summed E-state index contributed by atoms with van der Waals surface area (Å²) in [4.78, 5) is 26.2. The first-order valence-corrected chi connectivity index (χ1v) is 13.8. The Balaban J connectivity index is 1.47. The summed E-state index contributed by atoms with van der Waals surface area (Å²) in [7, 11) is 0. The molecule has 1 atom stereocenters. The fourth-order valence-electron chi connectivity index (χ4n) is 4.87. The molecule has 4 rings (SSSR count). The van der Waals surface area contributed by atoms with E-state index in [1.54, 1.807) is 28.8 Å². The van der Waals surface area contributed by atoms with Gasteiger partial charge in [-0.05, 0) is 61.2 Å². The van der Waals surface area contributed by atoms with Gasteiger partial charge in [0.25, 0.3) is 5.91 Å². The van der Waals surface area contributed by atoms with Crippen molar-refractivity contribution in [2.75, 3.05) is 33.0 Å². The molecule has 1 N–H and O–H groups in total. The molecule has 0 radical (unpaired) electrons.